The molecule has 0 aromatic carbocycles. The van der Waals surface area contributed by atoms with Gasteiger partial charge in [0, 0.05) is 0 Å². The van der Waals surface area contributed by atoms with Crippen LogP contribution in [0.15, 0.2) is 5.03 Å². The van der Waals surface area contributed by atoms with E-state index in [2.05, 4.69) is 10.2 Å². The maximum Gasteiger partial charge on any atom is 0.290 e. The fourth-order valence-electron chi connectivity index (χ4n) is 0.699. The van der Waals surface area contributed by atoms with E-state index in [9.17, 15) is 8.78 Å². The molecule has 0 fully saturated rings. The van der Waals surface area contributed by atoms with Crippen molar-refractivity contribution in [3.05, 3.63) is 5.02 Å². The first-order chi connectivity index (χ1) is 6.15. The summed E-state index contributed by atoms with van der Waals surface area (Å²) in [5.41, 5.74) is 0. The normalized spacial score (nSPS) is 10.8. The average Bonchev–Trinajstić information content (AvgIpc) is 2.36. The van der Waals surface area contributed by atoms with Gasteiger partial charge in [0.05, 0.1) is 6.61 Å². The molecule has 0 spiro atoms. The first kappa shape index (κ1) is 10.6. The molecular weight excluding hydrogens is 222 g/mol. The Hall–Kier alpha value is -0.490. The molecule has 0 aliphatic carbocycles. The van der Waals surface area contributed by atoms with Crippen LogP contribution in [0.4, 0.5) is 8.78 Å². The Morgan fingerprint density at radius 3 is 2.92 bits per heavy atom. The highest BCUT2D eigenvalue weighted by atomic mass is 35.5. The third-order valence-corrected chi connectivity index (χ3v) is 2.30. The maximum atomic E-state index is 11.9. The minimum absolute atomic E-state index is 0.0557. The van der Waals surface area contributed by atoms with Crippen molar-refractivity contribution in [2.75, 3.05) is 6.61 Å². The summed E-state index contributed by atoms with van der Waals surface area (Å²) in [5, 5.41) is 6.16. The van der Waals surface area contributed by atoms with E-state index in [4.69, 9.17) is 16.3 Å². The van der Waals surface area contributed by atoms with Gasteiger partial charge in [0.15, 0.2) is 0 Å². The molecule has 0 unspecified atom stereocenters. The lowest BCUT2D eigenvalue weighted by Crippen LogP contribution is -1.91. The monoisotopic (exact) mass is 228 g/mol. The van der Waals surface area contributed by atoms with Crippen molar-refractivity contribution in [1.29, 1.82) is 0 Å². The minimum atomic E-state index is -2.53. The lowest BCUT2D eigenvalue weighted by Gasteiger charge is -1.98. The highest BCUT2D eigenvalue weighted by Crippen LogP contribution is 2.35. The van der Waals surface area contributed by atoms with Crippen LogP contribution < -0.4 is 4.74 Å². The molecule has 0 amide bonds. The first-order valence-corrected chi connectivity index (χ1v) is 4.72. The van der Waals surface area contributed by atoms with Crippen molar-refractivity contribution in [2.24, 2.45) is 0 Å². The van der Waals surface area contributed by atoms with Crippen LogP contribution in [0.5, 0.6) is 5.88 Å². The minimum Gasteiger partial charge on any atom is -0.477 e. The quantitative estimate of drug-likeness (QED) is 0.806. The summed E-state index contributed by atoms with van der Waals surface area (Å²) in [6, 6.07) is 0. The topological polar surface area (TPSA) is 37.9 Å². The number of nitrogens with one attached hydrogen (secondary N) is 1. The van der Waals surface area contributed by atoms with Crippen molar-refractivity contribution in [3.63, 3.8) is 0 Å². The molecule has 1 aromatic rings. The second kappa shape index (κ2) is 4.66. The molecule has 0 aliphatic rings. The molecule has 0 saturated carbocycles. The van der Waals surface area contributed by atoms with Gasteiger partial charge in [0.25, 0.3) is 5.76 Å². The van der Waals surface area contributed by atoms with Crippen LogP contribution in [0.1, 0.15) is 6.92 Å². The van der Waals surface area contributed by atoms with Crippen LogP contribution in [0.25, 0.3) is 0 Å². The van der Waals surface area contributed by atoms with E-state index >= 15 is 0 Å². The highest BCUT2D eigenvalue weighted by Gasteiger charge is 2.16. The van der Waals surface area contributed by atoms with E-state index in [0.717, 1.165) is 0 Å². The second-order valence-electron chi connectivity index (χ2n) is 1.98. The largest absolute Gasteiger partial charge is 0.477 e. The van der Waals surface area contributed by atoms with Gasteiger partial charge in [-0.15, -0.1) is 0 Å². The van der Waals surface area contributed by atoms with Gasteiger partial charge >= 0.3 is 0 Å². The Kier molecular flexibility index (Phi) is 3.80. The third kappa shape index (κ3) is 2.73. The van der Waals surface area contributed by atoms with Crippen LogP contribution in [0, 0.1) is 0 Å². The highest BCUT2D eigenvalue weighted by molar-refractivity contribution is 7.99. The summed E-state index contributed by atoms with van der Waals surface area (Å²) in [6.07, 6.45) is 0. The van der Waals surface area contributed by atoms with Gasteiger partial charge in [-0.2, -0.15) is 13.9 Å². The fraction of sp³-hybridized carbons (Fsp3) is 0.500. The van der Waals surface area contributed by atoms with Gasteiger partial charge in [-0.25, -0.2) is 5.10 Å². The Morgan fingerprint density at radius 2 is 2.38 bits per heavy atom. The summed E-state index contributed by atoms with van der Waals surface area (Å²) in [7, 11) is 0. The molecule has 0 saturated heterocycles. The molecule has 7 heteroatoms. The first-order valence-electron chi connectivity index (χ1n) is 3.46. The van der Waals surface area contributed by atoms with Gasteiger partial charge in [-0.3, -0.25) is 0 Å². The van der Waals surface area contributed by atoms with Crippen molar-refractivity contribution in [3.8, 4) is 5.88 Å². The lowest BCUT2D eigenvalue weighted by atomic mass is 10.7. The van der Waals surface area contributed by atoms with Crippen LogP contribution in [0.3, 0.4) is 0 Å². The van der Waals surface area contributed by atoms with Crippen LogP contribution in [0.2, 0.25) is 5.02 Å². The lowest BCUT2D eigenvalue weighted by molar-refractivity contribution is 0.252. The van der Waals surface area contributed by atoms with Crippen LogP contribution in [-0.2, 0) is 0 Å². The smallest absolute Gasteiger partial charge is 0.290 e. The van der Waals surface area contributed by atoms with Gasteiger partial charge < -0.3 is 4.74 Å². The molecule has 3 nitrogen and oxygen atoms in total. The Labute approximate surface area is 82.8 Å². The van der Waals surface area contributed by atoms with Crippen LogP contribution in [-0.4, -0.2) is 22.6 Å². The summed E-state index contributed by atoms with van der Waals surface area (Å²) in [4.78, 5) is 0. The molecular formula is C6H7ClF2N2OS. The molecule has 0 radical (unpaired) electrons. The van der Waals surface area contributed by atoms with Gasteiger partial charge in [-0.05, 0) is 18.7 Å². The number of hydrogen-bond acceptors (Lipinski definition) is 3. The van der Waals surface area contributed by atoms with E-state index in [1.54, 1.807) is 6.92 Å². The van der Waals surface area contributed by atoms with Crippen molar-refractivity contribution in [1.82, 2.24) is 10.2 Å². The van der Waals surface area contributed by atoms with Crippen molar-refractivity contribution < 1.29 is 13.5 Å². The number of ether oxygens (including phenoxy) is 1. The third-order valence-electron chi connectivity index (χ3n) is 1.14. The number of halogens is 3. The zero-order chi connectivity index (χ0) is 9.84. The zero-order valence-electron chi connectivity index (χ0n) is 6.68. The van der Waals surface area contributed by atoms with Gasteiger partial charge in [0.1, 0.15) is 10.0 Å². The molecule has 74 valence electrons. The number of aromatic nitrogens is 2. The van der Waals surface area contributed by atoms with E-state index in [0.29, 0.717) is 6.61 Å². The van der Waals surface area contributed by atoms with E-state index in [1.165, 1.54) is 0 Å². The summed E-state index contributed by atoms with van der Waals surface area (Å²) in [5.74, 6) is -2.30. The Bertz CT molecular complexity index is 282. The number of thioether (sulfide) groups is 1. The van der Waals surface area contributed by atoms with Crippen LogP contribution >= 0.6 is 23.4 Å². The standard InChI is InChI=1S/C6H7ClF2N2OS/c1-2-12-4-3(7)5(11-10-4)13-6(8)9/h6H,2H2,1H3,(H,10,11). The number of alkyl halides is 2. The van der Waals surface area contributed by atoms with Gasteiger partial charge in [-0.1, -0.05) is 11.6 Å². The molecule has 1 rings (SSSR count). The fourth-order valence-corrected chi connectivity index (χ4v) is 1.44. The van der Waals surface area contributed by atoms with E-state index < -0.39 is 5.76 Å². The van der Waals surface area contributed by atoms with E-state index in [1.807, 2.05) is 0 Å². The molecule has 1 aromatic heterocycles. The molecule has 0 atom stereocenters. The van der Waals surface area contributed by atoms with Gasteiger partial charge in [0.2, 0.25) is 5.88 Å². The number of aromatic amines is 1. The molecule has 0 aliphatic heterocycles. The SMILES string of the molecule is CCOc1[nH]nc(SC(F)F)c1Cl. The predicted octanol–water partition coefficient (Wildman–Crippen LogP) is 2.78. The Balaban J connectivity index is 2.74. The molecule has 1 heterocycles. The Morgan fingerprint density at radius 1 is 1.69 bits per heavy atom. The summed E-state index contributed by atoms with van der Waals surface area (Å²) in [6.45, 7) is 2.16. The number of hydrogen-bond donors (Lipinski definition) is 1. The average molecular weight is 229 g/mol. The second-order valence-corrected chi connectivity index (χ2v) is 3.34. The van der Waals surface area contributed by atoms with Crippen molar-refractivity contribution >= 4 is 23.4 Å². The molecule has 13 heavy (non-hydrogen) atoms. The van der Waals surface area contributed by atoms with Crippen molar-refractivity contribution in [2.45, 2.75) is 17.7 Å². The van der Waals surface area contributed by atoms with E-state index in [-0.39, 0.29) is 27.7 Å². The number of H-pyrrole nitrogens is 1. The summed E-state index contributed by atoms with van der Waals surface area (Å²) >= 11 is 5.96. The summed E-state index contributed by atoms with van der Waals surface area (Å²) < 4.78 is 28.8. The zero-order valence-corrected chi connectivity index (χ0v) is 8.25. The molecule has 0 bridgehead atoms. The maximum absolute atomic E-state index is 11.9. The number of rotatable bonds is 4. The predicted molar refractivity (Wildman–Crippen MR) is 46.6 cm³/mol. The molecule has 1 N–H and O–H groups in total. The number of nitrogens with zero attached hydrogens (tertiary/aromatic N) is 1.